The van der Waals surface area contributed by atoms with Crippen LogP contribution in [0.5, 0.6) is 0 Å². The van der Waals surface area contributed by atoms with Crippen LogP contribution in [0.4, 0.5) is 0 Å². The molecule has 0 atom stereocenters. The molecule has 0 saturated heterocycles. The standard InChI is InChI=1S/C17H28N2Si2/c1-19-15(12-14-10-8-9-11-16(14)19)13-18-17(20(2,3)4)21(5,6)7/h8-13,17H,1-7H3/b18-13+. The Balaban J connectivity index is 2.40. The van der Waals surface area contributed by atoms with Crippen molar-refractivity contribution in [3.63, 3.8) is 0 Å². The molecule has 0 aliphatic rings. The second kappa shape index (κ2) is 5.57. The maximum absolute atomic E-state index is 5.07. The Labute approximate surface area is 130 Å². The van der Waals surface area contributed by atoms with Crippen molar-refractivity contribution in [2.24, 2.45) is 12.0 Å². The van der Waals surface area contributed by atoms with Crippen molar-refractivity contribution < 1.29 is 0 Å². The summed E-state index contributed by atoms with van der Waals surface area (Å²) in [6.45, 7) is 14.6. The smallest absolute Gasteiger partial charge is 0.0693 e. The number of nitrogens with zero attached hydrogens (tertiary/aromatic N) is 2. The van der Waals surface area contributed by atoms with E-state index in [0.29, 0.717) is 5.29 Å². The van der Waals surface area contributed by atoms with E-state index in [2.05, 4.69) is 87.4 Å². The SMILES string of the molecule is Cn1c(/C=N/C([Si](C)(C)C)[Si](C)(C)C)cc2ccccc21. The largest absolute Gasteiger partial charge is 0.343 e. The van der Waals surface area contributed by atoms with E-state index in [-0.39, 0.29) is 0 Å². The first kappa shape index (κ1) is 16.2. The first-order valence-corrected chi connectivity index (χ1v) is 14.8. The molecular weight excluding hydrogens is 288 g/mol. The molecule has 0 fully saturated rings. The molecule has 0 aliphatic carbocycles. The highest BCUT2D eigenvalue weighted by Crippen LogP contribution is 2.23. The molecular formula is C17H28N2Si2. The average molecular weight is 317 g/mol. The van der Waals surface area contributed by atoms with Gasteiger partial charge in [-0.05, 0) is 12.1 Å². The van der Waals surface area contributed by atoms with Crippen LogP contribution in [0.2, 0.25) is 39.3 Å². The predicted octanol–water partition coefficient (Wildman–Crippen LogP) is 4.72. The number of fused-ring (bicyclic) bond motifs is 1. The molecule has 2 rings (SSSR count). The summed E-state index contributed by atoms with van der Waals surface area (Å²) < 4.78 is 2.24. The monoisotopic (exact) mass is 316 g/mol. The van der Waals surface area contributed by atoms with Gasteiger partial charge in [-0.3, -0.25) is 4.99 Å². The first-order valence-electron chi connectivity index (χ1n) is 7.68. The van der Waals surface area contributed by atoms with E-state index in [0.717, 1.165) is 0 Å². The molecule has 0 unspecified atom stereocenters. The minimum Gasteiger partial charge on any atom is -0.343 e. The van der Waals surface area contributed by atoms with E-state index in [1.54, 1.807) is 0 Å². The van der Waals surface area contributed by atoms with Gasteiger partial charge in [-0.25, -0.2) is 0 Å². The average Bonchev–Trinajstić information content (AvgIpc) is 2.64. The summed E-state index contributed by atoms with van der Waals surface area (Å²) in [6, 6.07) is 10.8. The Hall–Kier alpha value is -1.14. The molecule has 114 valence electrons. The molecule has 0 bridgehead atoms. The van der Waals surface area contributed by atoms with Gasteiger partial charge in [0.1, 0.15) is 0 Å². The molecule has 2 aromatic rings. The number of aromatic nitrogens is 1. The van der Waals surface area contributed by atoms with Gasteiger partial charge in [0.2, 0.25) is 0 Å². The summed E-state index contributed by atoms with van der Waals surface area (Å²) in [7, 11) is -0.429. The molecule has 4 heteroatoms. The molecule has 0 amide bonds. The molecule has 0 radical (unpaired) electrons. The quantitative estimate of drug-likeness (QED) is 0.573. The fraction of sp³-hybridized carbons (Fsp3) is 0.471. The van der Waals surface area contributed by atoms with Crippen LogP contribution < -0.4 is 0 Å². The highest BCUT2D eigenvalue weighted by Gasteiger charge is 2.37. The van der Waals surface area contributed by atoms with E-state index >= 15 is 0 Å². The van der Waals surface area contributed by atoms with E-state index in [1.807, 2.05) is 0 Å². The van der Waals surface area contributed by atoms with Gasteiger partial charge < -0.3 is 4.57 Å². The summed E-state index contributed by atoms with van der Waals surface area (Å²) >= 11 is 0. The van der Waals surface area contributed by atoms with Gasteiger partial charge in [-0.1, -0.05) is 57.5 Å². The number of para-hydroxylation sites is 1. The van der Waals surface area contributed by atoms with Gasteiger partial charge in [0.05, 0.1) is 21.8 Å². The van der Waals surface area contributed by atoms with Gasteiger partial charge >= 0.3 is 0 Å². The van der Waals surface area contributed by atoms with Crippen LogP contribution in [0.1, 0.15) is 5.69 Å². The van der Waals surface area contributed by atoms with E-state index < -0.39 is 16.1 Å². The topological polar surface area (TPSA) is 17.3 Å². The number of hydrogen-bond donors (Lipinski definition) is 0. The lowest BCUT2D eigenvalue weighted by molar-refractivity contribution is 0.955. The molecule has 1 aromatic heterocycles. The summed E-state index contributed by atoms with van der Waals surface area (Å²) in [5, 5.41) is 1.85. The van der Waals surface area contributed by atoms with Crippen molar-refractivity contribution in [2.75, 3.05) is 0 Å². The zero-order chi connectivity index (χ0) is 15.8. The Morgan fingerprint density at radius 2 is 1.57 bits per heavy atom. The molecule has 0 aliphatic heterocycles. The van der Waals surface area contributed by atoms with E-state index in [1.165, 1.54) is 16.6 Å². The van der Waals surface area contributed by atoms with Crippen LogP contribution >= 0.6 is 0 Å². The third-order valence-electron chi connectivity index (χ3n) is 3.99. The van der Waals surface area contributed by atoms with Crippen molar-refractivity contribution in [1.82, 2.24) is 4.57 Å². The summed E-state index contributed by atoms with van der Waals surface area (Å²) in [5.74, 6) is 0. The van der Waals surface area contributed by atoms with Gasteiger partial charge in [-0.2, -0.15) is 0 Å². The summed E-state index contributed by atoms with van der Waals surface area (Å²) in [5.41, 5.74) is 2.48. The third-order valence-corrected chi connectivity index (χ3v) is 12.8. The highest BCUT2D eigenvalue weighted by atomic mass is 28.4. The van der Waals surface area contributed by atoms with Crippen LogP contribution in [-0.4, -0.2) is 32.2 Å². The fourth-order valence-electron chi connectivity index (χ4n) is 3.33. The Morgan fingerprint density at radius 3 is 2.10 bits per heavy atom. The van der Waals surface area contributed by atoms with E-state index in [4.69, 9.17) is 4.99 Å². The van der Waals surface area contributed by atoms with Crippen molar-refractivity contribution in [3.8, 4) is 0 Å². The molecule has 2 nitrogen and oxygen atoms in total. The number of aliphatic imine (C=N–C) groups is 1. The number of hydrogen-bond acceptors (Lipinski definition) is 1. The zero-order valence-corrected chi connectivity index (χ0v) is 16.4. The minimum atomic E-state index is -1.28. The second-order valence-corrected chi connectivity index (χ2v) is 19.2. The third kappa shape index (κ3) is 3.55. The van der Waals surface area contributed by atoms with Gasteiger partial charge in [-0.15, -0.1) is 0 Å². The van der Waals surface area contributed by atoms with Crippen molar-refractivity contribution in [2.45, 2.75) is 44.6 Å². The Bertz CT molecular complexity index is 643. The van der Waals surface area contributed by atoms with Crippen LogP contribution in [-0.2, 0) is 7.05 Å². The summed E-state index contributed by atoms with van der Waals surface area (Å²) in [6.07, 6.45) is 2.11. The normalized spacial score (nSPS) is 13.7. The van der Waals surface area contributed by atoms with Crippen LogP contribution in [0, 0.1) is 0 Å². The minimum absolute atomic E-state index is 0.558. The highest BCUT2D eigenvalue weighted by molar-refractivity contribution is 6.96. The Kier molecular flexibility index (Phi) is 4.31. The van der Waals surface area contributed by atoms with Crippen molar-refractivity contribution in [1.29, 1.82) is 0 Å². The maximum atomic E-state index is 5.07. The molecule has 1 heterocycles. The number of aryl methyl sites for hydroxylation is 1. The van der Waals surface area contributed by atoms with Crippen LogP contribution in [0.3, 0.4) is 0 Å². The number of benzene rings is 1. The summed E-state index contributed by atoms with van der Waals surface area (Å²) in [4.78, 5) is 5.07. The zero-order valence-electron chi connectivity index (χ0n) is 14.4. The van der Waals surface area contributed by atoms with Crippen LogP contribution in [0.15, 0.2) is 35.3 Å². The van der Waals surface area contributed by atoms with Crippen molar-refractivity contribution >= 4 is 33.3 Å². The second-order valence-electron chi connectivity index (χ2n) is 8.10. The maximum Gasteiger partial charge on any atom is 0.0693 e. The molecule has 0 saturated carbocycles. The molecule has 0 N–H and O–H groups in total. The molecule has 21 heavy (non-hydrogen) atoms. The molecule has 1 aromatic carbocycles. The van der Waals surface area contributed by atoms with E-state index in [9.17, 15) is 0 Å². The van der Waals surface area contributed by atoms with Crippen LogP contribution in [0.25, 0.3) is 10.9 Å². The van der Waals surface area contributed by atoms with Crippen molar-refractivity contribution in [3.05, 3.63) is 36.0 Å². The number of rotatable bonds is 4. The Morgan fingerprint density at radius 1 is 1.00 bits per heavy atom. The lowest BCUT2D eigenvalue weighted by atomic mass is 10.2. The van der Waals surface area contributed by atoms with Gasteiger partial charge in [0.15, 0.2) is 0 Å². The lowest BCUT2D eigenvalue weighted by Crippen LogP contribution is -2.52. The fourth-order valence-corrected chi connectivity index (χ4v) is 14.8. The van der Waals surface area contributed by atoms with Gasteiger partial charge in [0, 0.05) is 29.5 Å². The first-order chi connectivity index (χ1) is 9.60. The molecule has 0 spiro atoms. The lowest BCUT2D eigenvalue weighted by Gasteiger charge is -2.35. The van der Waals surface area contributed by atoms with Gasteiger partial charge in [0.25, 0.3) is 0 Å². The predicted molar refractivity (Wildman–Crippen MR) is 101 cm³/mol.